The van der Waals surface area contributed by atoms with Gasteiger partial charge in [-0.15, -0.1) is 0 Å². The molecule has 1 N–H and O–H groups in total. The standard InChI is InChI=1S/C12H18N4O3/c1-18-5-2-13-12-14-8-10(9-15-12)11(17)16-3-6-19-7-4-16/h8-9H,2-7H2,1H3,(H,13,14,15). The van der Waals surface area contributed by atoms with E-state index in [1.165, 1.54) is 0 Å². The molecule has 0 aliphatic carbocycles. The van der Waals surface area contributed by atoms with Crippen molar-refractivity contribution in [2.75, 3.05) is 51.9 Å². The number of carbonyl (C=O) groups excluding carboxylic acids is 1. The van der Waals surface area contributed by atoms with Crippen LogP contribution in [0.4, 0.5) is 5.95 Å². The Balaban J connectivity index is 1.91. The maximum atomic E-state index is 12.1. The first-order valence-corrected chi connectivity index (χ1v) is 6.23. The van der Waals surface area contributed by atoms with E-state index in [9.17, 15) is 4.79 Å². The van der Waals surface area contributed by atoms with Crippen LogP contribution in [0.15, 0.2) is 12.4 Å². The highest BCUT2D eigenvalue weighted by molar-refractivity contribution is 5.93. The number of ether oxygens (including phenoxy) is 2. The molecule has 1 aromatic rings. The maximum Gasteiger partial charge on any atom is 0.257 e. The second kappa shape index (κ2) is 7.01. The Hall–Kier alpha value is -1.73. The Bertz CT molecular complexity index is 404. The van der Waals surface area contributed by atoms with Crippen molar-refractivity contribution in [1.82, 2.24) is 14.9 Å². The number of nitrogens with one attached hydrogen (secondary N) is 1. The van der Waals surface area contributed by atoms with Crippen molar-refractivity contribution in [2.24, 2.45) is 0 Å². The first-order valence-electron chi connectivity index (χ1n) is 6.23. The quantitative estimate of drug-likeness (QED) is 0.756. The molecule has 1 fully saturated rings. The summed E-state index contributed by atoms with van der Waals surface area (Å²) in [6.45, 7) is 3.62. The van der Waals surface area contributed by atoms with Gasteiger partial charge in [-0.25, -0.2) is 9.97 Å². The molecular formula is C12H18N4O3. The number of carbonyl (C=O) groups is 1. The minimum absolute atomic E-state index is 0.0493. The molecule has 1 aliphatic heterocycles. The van der Waals surface area contributed by atoms with Crippen molar-refractivity contribution in [2.45, 2.75) is 0 Å². The first-order chi connectivity index (χ1) is 9.31. The van der Waals surface area contributed by atoms with Gasteiger partial charge in [0.05, 0.1) is 25.4 Å². The Morgan fingerprint density at radius 1 is 1.42 bits per heavy atom. The molecule has 1 aliphatic rings. The van der Waals surface area contributed by atoms with Gasteiger partial charge in [-0.05, 0) is 0 Å². The molecule has 0 spiro atoms. The summed E-state index contributed by atoms with van der Waals surface area (Å²) >= 11 is 0. The van der Waals surface area contributed by atoms with Crippen molar-refractivity contribution in [1.29, 1.82) is 0 Å². The molecular weight excluding hydrogens is 248 g/mol. The van der Waals surface area contributed by atoms with Crippen LogP contribution in [0.2, 0.25) is 0 Å². The Morgan fingerprint density at radius 3 is 2.74 bits per heavy atom. The molecule has 1 aromatic heterocycles. The lowest BCUT2D eigenvalue weighted by molar-refractivity contribution is 0.0302. The van der Waals surface area contributed by atoms with E-state index in [-0.39, 0.29) is 5.91 Å². The first kappa shape index (κ1) is 13.7. The van der Waals surface area contributed by atoms with E-state index in [0.29, 0.717) is 51.0 Å². The third kappa shape index (κ3) is 3.87. The Morgan fingerprint density at radius 2 is 2.11 bits per heavy atom. The highest BCUT2D eigenvalue weighted by Gasteiger charge is 2.18. The van der Waals surface area contributed by atoms with E-state index < -0.39 is 0 Å². The van der Waals surface area contributed by atoms with Gasteiger partial charge in [0.2, 0.25) is 5.95 Å². The maximum absolute atomic E-state index is 12.1. The predicted molar refractivity (Wildman–Crippen MR) is 69.1 cm³/mol. The molecule has 0 radical (unpaired) electrons. The van der Waals surface area contributed by atoms with E-state index in [2.05, 4.69) is 15.3 Å². The molecule has 0 saturated carbocycles. The number of hydrogen-bond acceptors (Lipinski definition) is 6. The molecule has 2 heterocycles. The van der Waals surface area contributed by atoms with Gasteiger partial charge in [0.15, 0.2) is 0 Å². The Labute approximate surface area is 111 Å². The van der Waals surface area contributed by atoms with Gasteiger partial charge >= 0.3 is 0 Å². The number of amides is 1. The SMILES string of the molecule is COCCNc1ncc(C(=O)N2CCOCC2)cn1. The highest BCUT2D eigenvalue weighted by Crippen LogP contribution is 2.06. The highest BCUT2D eigenvalue weighted by atomic mass is 16.5. The number of morpholine rings is 1. The van der Waals surface area contributed by atoms with E-state index in [4.69, 9.17) is 9.47 Å². The smallest absolute Gasteiger partial charge is 0.257 e. The monoisotopic (exact) mass is 266 g/mol. The van der Waals surface area contributed by atoms with Crippen molar-refractivity contribution in [3.05, 3.63) is 18.0 Å². The average Bonchev–Trinajstić information content (AvgIpc) is 2.48. The van der Waals surface area contributed by atoms with E-state index in [0.717, 1.165) is 0 Å². The molecule has 2 rings (SSSR count). The molecule has 0 bridgehead atoms. The minimum atomic E-state index is -0.0493. The summed E-state index contributed by atoms with van der Waals surface area (Å²) in [5.74, 6) is 0.447. The zero-order chi connectivity index (χ0) is 13.5. The van der Waals surface area contributed by atoms with Crippen LogP contribution in [-0.4, -0.2) is 67.3 Å². The third-order valence-corrected chi connectivity index (χ3v) is 2.79. The number of anilines is 1. The molecule has 1 saturated heterocycles. The summed E-state index contributed by atoms with van der Waals surface area (Å²) in [5, 5.41) is 3.00. The van der Waals surface area contributed by atoms with Gasteiger partial charge in [-0.3, -0.25) is 4.79 Å². The summed E-state index contributed by atoms with van der Waals surface area (Å²) in [6.07, 6.45) is 3.08. The fourth-order valence-corrected chi connectivity index (χ4v) is 1.74. The van der Waals surface area contributed by atoms with Crippen molar-refractivity contribution in [3.8, 4) is 0 Å². The van der Waals surface area contributed by atoms with Gasteiger partial charge in [-0.2, -0.15) is 0 Å². The van der Waals surface area contributed by atoms with Gasteiger partial charge in [0.1, 0.15) is 0 Å². The lowest BCUT2D eigenvalue weighted by atomic mass is 10.3. The van der Waals surface area contributed by atoms with Crippen LogP contribution in [0.3, 0.4) is 0 Å². The fraction of sp³-hybridized carbons (Fsp3) is 0.583. The van der Waals surface area contributed by atoms with Crippen LogP contribution >= 0.6 is 0 Å². The summed E-state index contributed by atoms with van der Waals surface area (Å²) in [6, 6.07) is 0. The largest absolute Gasteiger partial charge is 0.383 e. The van der Waals surface area contributed by atoms with Gasteiger partial charge < -0.3 is 19.7 Å². The van der Waals surface area contributed by atoms with Crippen molar-refractivity contribution >= 4 is 11.9 Å². The number of rotatable bonds is 5. The Kier molecular flexibility index (Phi) is 5.05. The summed E-state index contributed by atoms with van der Waals surface area (Å²) in [5.41, 5.74) is 0.499. The average molecular weight is 266 g/mol. The summed E-state index contributed by atoms with van der Waals surface area (Å²) in [7, 11) is 1.63. The van der Waals surface area contributed by atoms with Crippen LogP contribution < -0.4 is 5.32 Å². The van der Waals surface area contributed by atoms with E-state index in [1.54, 1.807) is 24.4 Å². The zero-order valence-corrected chi connectivity index (χ0v) is 11.0. The second-order valence-corrected chi connectivity index (χ2v) is 4.12. The number of hydrogen-bond donors (Lipinski definition) is 1. The molecule has 0 aromatic carbocycles. The van der Waals surface area contributed by atoms with Gasteiger partial charge in [0, 0.05) is 39.1 Å². The lowest BCUT2D eigenvalue weighted by Gasteiger charge is -2.26. The minimum Gasteiger partial charge on any atom is -0.383 e. The van der Waals surface area contributed by atoms with Gasteiger partial charge in [0.25, 0.3) is 5.91 Å². The molecule has 1 amide bonds. The predicted octanol–water partition coefficient (Wildman–Crippen LogP) is 0.00730. The van der Waals surface area contributed by atoms with Crippen molar-refractivity contribution in [3.63, 3.8) is 0 Å². The number of methoxy groups -OCH3 is 1. The zero-order valence-electron chi connectivity index (χ0n) is 11.0. The molecule has 7 nitrogen and oxygen atoms in total. The van der Waals surface area contributed by atoms with Crippen LogP contribution in [0, 0.1) is 0 Å². The normalized spacial score (nSPS) is 15.3. The van der Waals surface area contributed by atoms with Crippen LogP contribution in [0.25, 0.3) is 0 Å². The van der Waals surface area contributed by atoms with Crippen LogP contribution in [0.1, 0.15) is 10.4 Å². The molecule has 19 heavy (non-hydrogen) atoms. The topological polar surface area (TPSA) is 76.6 Å². The third-order valence-electron chi connectivity index (χ3n) is 2.79. The van der Waals surface area contributed by atoms with Gasteiger partial charge in [-0.1, -0.05) is 0 Å². The molecule has 7 heteroatoms. The number of nitrogens with zero attached hydrogens (tertiary/aromatic N) is 3. The molecule has 0 unspecified atom stereocenters. The van der Waals surface area contributed by atoms with E-state index >= 15 is 0 Å². The van der Waals surface area contributed by atoms with Crippen molar-refractivity contribution < 1.29 is 14.3 Å². The summed E-state index contributed by atoms with van der Waals surface area (Å²) < 4.78 is 10.1. The van der Waals surface area contributed by atoms with E-state index in [1.807, 2.05) is 0 Å². The summed E-state index contributed by atoms with van der Waals surface area (Å²) in [4.78, 5) is 22.1. The molecule has 0 atom stereocenters. The fourth-order valence-electron chi connectivity index (χ4n) is 1.74. The lowest BCUT2D eigenvalue weighted by Crippen LogP contribution is -2.40. The van der Waals surface area contributed by atoms with Crippen LogP contribution in [0.5, 0.6) is 0 Å². The van der Waals surface area contributed by atoms with Crippen LogP contribution in [-0.2, 0) is 9.47 Å². The number of aromatic nitrogens is 2. The second-order valence-electron chi connectivity index (χ2n) is 4.12. The molecule has 104 valence electrons.